The Morgan fingerprint density at radius 2 is 1.84 bits per heavy atom. The number of Topliss-reactive ketones (excluding diaryl/α,β-unsaturated/α-hetero) is 1. The monoisotopic (exact) mass is 614 g/mol. The van der Waals surface area contributed by atoms with Gasteiger partial charge in [0.05, 0.1) is 42.2 Å². The quantitative estimate of drug-likeness (QED) is 0.0751. The first kappa shape index (κ1) is 31.1. The summed E-state index contributed by atoms with van der Waals surface area (Å²) in [5.41, 5.74) is 2.70. The van der Waals surface area contributed by atoms with Crippen molar-refractivity contribution in [3.63, 3.8) is 0 Å². The number of aliphatic hydroxyl groups is 1. The van der Waals surface area contributed by atoms with Crippen LogP contribution in [0.2, 0.25) is 0 Å². The van der Waals surface area contributed by atoms with Crippen molar-refractivity contribution in [2.24, 2.45) is 5.92 Å². The van der Waals surface area contributed by atoms with Gasteiger partial charge in [0.2, 0.25) is 0 Å². The fourth-order valence-electron chi connectivity index (χ4n) is 5.07. The van der Waals surface area contributed by atoms with E-state index in [0.29, 0.717) is 52.6 Å². The average molecular weight is 615 g/mol. The minimum atomic E-state index is -0.958. The van der Waals surface area contributed by atoms with Gasteiger partial charge in [-0.2, -0.15) is 0 Å². The lowest BCUT2D eigenvalue weighted by atomic mass is 9.95. The van der Waals surface area contributed by atoms with E-state index in [9.17, 15) is 14.7 Å². The zero-order valence-electron chi connectivity index (χ0n) is 25.8. The van der Waals surface area contributed by atoms with E-state index in [1.807, 2.05) is 25.1 Å². The number of thiazole rings is 1. The number of ketones is 1. The molecule has 2 heterocycles. The number of ether oxygens (including phenoxy) is 3. The third-order valence-corrected chi connectivity index (χ3v) is 8.53. The third-order valence-electron chi connectivity index (χ3n) is 7.51. The summed E-state index contributed by atoms with van der Waals surface area (Å²) in [6, 6.07) is 17.1. The molecule has 0 radical (unpaired) electrons. The van der Waals surface area contributed by atoms with E-state index in [4.69, 9.17) is 19.2 Å². The van der Waals surface area contributed by atoms with Gasteiger partial charge in [-0.15, -0.1) is 0 Å². The molecule has 1 aromatic heterocycles. The molecule has 1 aliphatic rings. The topological polar surface area (TPSA) is 98.2 Å². The number of fused-ring (bicyclic) bond motifs is 1. The van der Waals surface area contributed by atoms with Gasteiger partial charge in [0.1, 0.15) is 11.5 Å². The zero-order chi connectivity index (χ0) is 31.4. The van der Waals surface area contributed by atoms with Crippen LogP contribution < -0.4 is 19.1 Å². The molecule has 230 valence electrons. The van der Waals surface area contributed by atoms with Crippen molar-refractivity contribution in [3.8, 4) is 17.2 Å². The van der Waals surface area contributed by atoms with E-state index < -0.39 is 17.7 Å². The van der Waals surface area contributed by atoms with Gasteiger partial charge in [-0.3, -0.25) is 14.5 Å². The molecule has 3 aromatic carbocycles. The summed E-state index contributed by atoms with van der Waals surface area (Å²) < 4.78 is 18.4. The fourth-order valence-corrected chi connectivity index (χ4v) is 6.16. The second kappa shape index (κ2) is 13.5. The third kappa shape index (κ3) is 6.43. The molecule has 5 rings (SSSR count). The molecule has 1 saturated heterocycles. The Kier molecular flexibility index (Phi) is 9.54. The molecule has 44 heavy (non-hydrogen) atoms. The Balaban J connectivity index is 1.63. The van der Waals surface area contributed by atoms with Crippen molar-refractivity contribution < 1.29 is 28.9 Å². The molecule has 0 aliphatic carbocycles. The van der Waals surface area contributed by atoms with E-state index in [2.05, 4.69) is 20.8 Å². The number of anilines is 1. The van der Waals surface area contributed by atoms with Crippen molar-refractivity contribution in [1.29, 1.82) is 0 Å². The normalized spacial score (nSPS) is 16.2. The van der Waals surface area contributed by atoms with Crippen molar-refractivity contribution in [3.05, 3.63) is 82.9 Å². The van der Waals surface area contributed by atoms with E-state index in [1.54, 1.807) is 49.6 Å². The number of hydrogen-bond donors (Lipinski definition) is 1. The second-order valence-corrected chi connectivity index (χ2v) is 12.3. The fraction of sp³-hybridized carbons (Fsp3) is 0.343. The smallest absolute Gasteiger partial charge is 0.301 e. The number of nitrogens with zero attached hydrogens (tertiary/aromatic N) is 2. The number of aromatic nitrogens is 1. The predicted molar refractivity (Wildman–Crippen MR) is 174 cm³/mol. The maximum atomic E-state index is 13.8. The summed E-state index contributed by atoms with van der Waals surface area (Å²) in [5, 5.41) is 12.0. The van der Waals surface area contributed by atoms with Gasteiger partial charge in [0.25, 0.3) is 5.78 Å². The van der Waals surface area contributed by atoms with Crippen LogP contribution in [-0.2, 0) is 9.59 Å². The van der Waals surface area contributed by atoms with E-state index in [1.165, 1.54) is 16.2 Å². The number of aryl methyl sites for hydroxylation is 1. The van der Waals surface area contributed by atoms with Gasteiger partial charge in [0.15, 0.2) is 16.6 Å². The number of aliphatic hydroxyl groups excluding tert-OH is 1. The van der Waals surface area contributed by atoms with Crippen LogP contribution in [0.15, 0.2) is 66.2 Å². The first-order valence-corrected chi connectivity index (χ1v) is 15.8. The number of rotatable bonds is 12. The Morgan fingerprint density at radius 1 is 1.02 bits per heavy atom. The van der Waals surface area contributed by atoms with E-state index in [-0.39, 0.29) is 11.3 Å². The average Bonchev–Trinajstić information content (AvgIpc) is 3.54. The first-order chi connectivity index (χ1) is 21.2. The van der Waals surface area contributed by atoms with Crippen LogP contribution in [0, 0.1) is 12.8 Å². The number of unbranched alkanes of at least 4 members (excludes halogenated alkanes) is 1. The number of amides is 1. The molecular formula is C35H38N2O6S. The van der Waals surface area contributed by atoms with Crippen molar-refractivity contribution in [1.82, 2.24) is 4.98 Å². The van der Waals surface area contributed by atoms with Crippen molar-refractivity contribution in [2.45, 2.75) is 53.0 Å². The van der Waals surface area contributed by atoms with Crippen LogP contribution in [0.5, 0.6) is 17.2 Å². The maximum Gasteiger partial charge on any atom is 0.301 e. The molecule has 9 heteroatoms. The summed E-state index contributed by atoms with van der Waals surface area (Å²) in [6.45, 7) is 9.38. The molecule has 0 bridgehead atoms. The molecule has 1 fully saturated rings. The Labute approximate surface area is 261 Å². The van der Waals surface area contributed by atoms with Crippen molar-refractivity contribution in [2.75, 3.05) is 25.2 Å². The molecular weight excluding hydrogens is 576 g/mol. The molecule has 8 nitrogen and oxygen atoms in total. The van der Waals surface area contributed by atoms with Gasteiger partial charge in [-0.05, 0) is 73.2 Å². The number of methoxy groups -OCH3 is 1. The molecule has 0 spiro atoms. The van der Waals surface area contributed by atoms with E-state index in [0.717, 1.165) is 35.0 Å². The Morgan fingerprint density at radius 3 is 2.59 bits per heavy atom. The van der Waals surface area contributed by atoms with Gasteiger partial charge >= 0.3 is 5.91 Å². The molecule has 1 atom stereocenters. The Bertz CT molecular complexity index is 1710. The predicted octanol–water partition coefficient (Wildman–Crippen LogP) is 7.84. The first-order valence-electron chi connectivity index (χ1n) is 14.9. The van der Waals surface area contributed by atoms with Crippen LogP contribution in [0.1, 0.15) is 62.8 Å². The van der Waals surface area contributed by atoms with Crippen LogP contribution in [0.25, 0.3) is 16.0 Å². The Hall–Kier alpha value is -4.37. The van der Waals surface area contributed by atoms with Crippen LogP contribution >= 0.6 is 11.3 Å². The number of carbonyl (C=O) groups is 2. The summed E-state index contributed by atoms with van der Waals surface area (Å²) in [7, 11) is 1.55. The highest BCUT2D eigenvalue weighted by atomic mass is 32.1. The molecule has 0 saturated carbocycles. The molecule has 1 aliphatic heterocycles. The van der Waals surface area contributed by atoms with Gasteiger partial charge < -0.3 is 19.3 Å². The minimum Gasteiger partial charge on any atom is -0.507 e. The summed E-state index contributed by atoms with van der Waals surface area (Å²) >= 11 is 1.32. The molecule has 1 unspecified atom stereocenters. The number of carbonyl (C=O) groups excluding carboxylic acids is 2. The molecule has 1 N–H and O–H groups in total. The summed E-state index contributed by atoms with van der Waals surface area (Å²) in [4.78, 5) is 33.6. The minimum absolute atomic E-state index is 0.0355. The molecule has 1 amide bonds. The number of benzene rings is 3. The summed E-state index contributed by atoms with van der Waals surface area (Å²) in [6.07, 6.45) is 2.75. The van der Waals surface area contributed by atoms with E-state index >= 15 is 0 Å². The largest absolute Gasteiger partial charge is 0.507 e. The van der Waals surface area contributed by atoms with Crippen LogP contribution in [0.4, 0.5) is 5.13 Å². The zero-order valence-corrected chi connectivity index (χ0v) is 26.6. The van der Waals surface area contributed by atoms with Gasteiger partial charge in [0, 0.05) is 5.56 Å². The SMILES string of the molecule is CCCCOc1cccc(/C(O)=C2\C(=O)C(=O)N(c3nc4ccc(C)cc4s3)C2c2ccc(OCCC(C)C)c(OC)c2)c1. The van der Waals surface area contributed by atoms with Crippen LogP contribution in [-0.4, -0.2) is 42.1 Å². The number of hydrogen-bond acceptors (Lipinski definition) is 8. The molecule has 4 aromatic rings. The lowest BCUT2D eigenvalue weighted by molar-refractivity contribution is -0.132. The lowest BCUT2D eigenvalue weighted by Crippen LogP contribution is -2.29. The highest BCUT2D eigenvalue weighted by Gasteiger charge is 2.48. The highest BCUT2D eigenvalue weighted by molar-refractivity contribution is 7.22. The van der Waals surface area contributed by atoms with Crippen LogP contribution in [0.3, 0.4) is 0 Å². The summed E-state index contributed by atoms with van der Waals surface area (Å²) in [5.74, 6) is 0.220. The van der Waals surface area contributed by atoms with Gasteiger partial charge in [-0.1, -0.05) is 62.8 Å². The second-order valence-electron chi connectivity index (χ2n) is 11.3. The van der Waals surface area contributed by atoms with Crippen molar-refractivity contribution >= 4 is 44.1 Å². The maximum absolute atomic E-state index is 13.8. The lowest BCUT2D eigenvalue weighted by Gasteiger charge is -2.24. The standard InChI is InChI=1S/C35H38N2O6S/c1-6-7-16-42-25-10-8-9-24(19-25)32(38)30-31(23-12-14-27(28(20-23)41-5)43-17-15-21(2)3)37(34(40)33(30)39)35-36-26-13-11-22(4)18-29(26)44-35/h8-14,18-21,31,38H,6-7,15-17H2,1-5H3/b32-30+. The highest BCUT2D eigenvalue weighted by Crippen LogP contribution is 2.46. The van der Waals surface area contributed by atoms with Gasteiger partial charge in [-0.25, -0.2) is 4.98 Å².